The monoisotopic (exact) mass is 420 g/mol. The molecule has 3 amide bonds. The van der Waals surface area contributed by atoms with Gasteiger partial charge in [0.25, 0.3) is 0 Å². The molecule has 0 bridgehead atoms. The van der Waals surface area contributed by atoms with Gasteiger partial charge in [0.2, 0.25) is 5.91 Å². The second-order valence-corrected chi connectivity index (χ2v) is 7.91. The Bertz CT molecular complexity index is 787. The Kier molecular flexibility index (Phi) is 7.25. The Morgan fingerprint density at radius 1 is 1.07 bits per heavy atom. The number of hydrogen-bond donors (Lipinski definition) is 2. The predicted octanol–water partition coefficient (Wildman–Crippen LogP) is 1.51. The maximum absolute atomic E-state index is 14.6. The number of benzene rings is 1. The molecule has 9 heteroatoms. The molecule has 2 heterocycles. The molecule has 2 atom stereocenters. The largest absolute Gasteiger partial charge is 0.372 e. The number of nitrogens with one attached hydrogen (secondary N) is 2. The molecule has 2 fully saturated rings. The number of morpholine rings is 1. The van der Waals surface area contributed by atoms with Crippen molar-refractivity contribution in [2.45, 2.75) is 45.3 Å². The molecule has 3 rings (SSSR count). The predicted molar refractivity (Wildman–Crippen MR) is 111 cm³/mol. The molecule has 30 heavy (non-hydrogen) atoms. The number of anilines is 2. The number of carbonyl (C=O) groups is 3. The highest BCUT2D eigenvalue weighted by atomic mass is 19.1. The van der Waals surface area contributed by atoms with Crippen molar-refractivity contribution in [3.8, 4) is 0 Å². The van der Waals surface area contributed by atoms with Crippen LogP contribution < -0.4 is 15.5 Å². The molecule has 2 aliphatic rings. The molecule has 2 saturated heterocycles. The van der Waals surface area contributed by atoms with E-state index >= 15 is 0 Å². The maximum Gasteiger partial charge on any atom is 0.313 e. The van der Waals surface area contributed by atoms with E-state index in [9.17, 15) is 18.8 Å². The van der Waals surface area contributed by atoms with E-state index < -0.39 is 17.6 Å². The van der Waals surface area contributed by atoms with Crippen LogP contribution in [0.5, 0.6) is 0 Å². The number of likely N-dealkylation sites (tertiary alicyclic amines) is 1. The summed E-state index contributed by atoms with van der Waals surface area (Å²) in [5.74, 6) is -2.57. The van der Waals surface area contributed by atoms with Gasteiger partial charge in [-0.2, -0.15) is 0 Å². The Labute approximate surface area is 175 Å². The van der Waals surface area contributed by atoms with E-state index in [0.29, 0.717) is 31.9 Å². The zero-order valence-corrected chi connectivity index (χ0v) is 17.4. The number of carbonyl (C=O) groups excluding carboxylic acids is 3. The third-order valence-corrected chi connectivity index (χ3v) is 5.28. The van der Waals surface area contributed by atoms with Gasteiger partial charge in [-0.15, -0.1) is 0 Å². The lowest BCUT2D eigenvalue weighted by Crippen LogP contribution is -2.45. The van der Waals surface area contributed by atoms with Gasteiger partial charge in [-0.05, 0) is 51.3 Å². The van der Waals surface area contributed by atoms with E-state index in [1.54, 1.807) is 17.0 Å². The fourth-order valence-corrected chi connectivity index (χ4v) is 3.89. The fraction of sp³-hybridized carbons (Fsp3) is 0.571. The second-order valence-electron chi connectivity index (χ2n) is 7.91. The van der Waals surface area contributed by atoms with Crippen LogP contribution in [-0.2, 0) is 19.1 Å². The summed E-state index contributed by atoms with van der Waals surface area (Å²) in [6, 6.07) is 4.31. The minimum absolute atomic E-state index is 0.0103. The summed E-state index contributed by atoms with van der Waals surface area (Å²) in [5.41, 5.74) is 0.597. The van der Waals surface area contributed by atoms with Crippen LogP contribution in [0.2, 0.25) is 0 Å². The summed E-state index contributed by atoms with van der Waals surface area (Å²) in [6.45, 7) is 6.13. The standard InChI is InChI=1S/C21H29FN4O4/c1-14-12-26(13-15(2)30-14)18-7-6-16(10-17(18)22)24-21(29)20(28)23-11-19(27)25-8-4-3-5-9-25/h6-7,10,14-15H,3-5,8-9,11-13H2,1-2H3,(H,23,28)(H,24,29)/t14-,15-/m1/s1. The van der Waals surface area contributed by atoms with Crippen molar-refractivity contribution < 1.29 is 23.5 Å². The highest BCUT2D eigenvalue weighted by molar-refractivity contribution is 6.39. The van der Waals surface area contributed by atoms with E-state index in [2.05, 4.69) is 10.6 Å². The van der Waals surface area contributed by atoms with Crippen LogP contribution in [0, 0.1) is 5.82 Å². The van der Waals surface area contributed by atoms with Crippen LogP contribution in [0.15, 0.2) is 18.2 Å². The van der Waals surface area contributed by atoms with Gasteiger partial charge in [0.15, 0.2) is 0 Å². The van der Waals surface area contributed by atoms with E-state index in [1.807, 2.05) is 18.7 Å². The molecule has 1 aromatic rings. The molecular formula is C21H29FN4O4. The number of amides is 3. The summed E-state index contributed by atoms with van der Waals surface area (Å²) in [4.78, 5) is 39.7. The molecule has 0 spiro atoms. The lowest BCUT2D eigenvalue weighted by molar-refractivity contribution is -0.138. The number of rotatable bonds is 4. The maximum atomic E-state index is 14.6. The van der Waals surface area contributed by atoms with Gasteiger partial charge in [0.1, 0.15) is 5.82 Å². The van der Waals surface area contributed by atoms with Gasteiger partial charge in [-0.3, -0.25) is 14.4 Å². The van der Waals surface area contributed by atoms with Crippen LogP contribution in [0.25, 0.3) is 0 Å². The van der Waals surface area contributed by atoms with Crippen LogP contribution >= 0.6 is 0 Å². The number of ether oxygens (including phenoxy) is 1. The minimum atomic E-state index is -0.942. The topological polar surface area (TPSA) is 91.0 Å². The van der Waals surface area contributed by atoms with Gasteiger partial charge in [0.05, 0.1) is 24.4 Å². The number of hydrogen-bond acceptors (Lipinski definition) is 5. The molecule has 2 aliphatic heterocycles. The van der Waals surface area contributed by atoms with E-state index in [4.69, 9.17) is 4.74 Å². The van der Waals surface area contributed by atoms with Gasteiger partial charge < -0.3 is 25.2 Å². The highest BCUT2D eigenvalue weighted by Crippen LogP contribution is 2.26. The molecule has 0 aliphatic carbocycles. The van der Waals surface area contributed by atoms with Crippen molar-refractivity contribution in [3.05, 3.63) is 24.0 Å². The molecule has 164 valence electrons. The first-order chi connectivity index (χ1) is 14.3. The minimum Gasteiger partial charge on any atom is -0.372 e. The molecular weight excluding hydrogens is 391 g/mol. The zero-order valence-electron chi connectivity index (χ0n) is 17.4. The summed E-state index contributed by atoms with van der Waals surface area (Å²) in [6.07, 6.45) is 2.97. The first-order valence-corrected chi connectivity index (χ1v) is 10.4. The fourth-order valence-electron chi connectivity index (χ4n) is 3.89. The average molecular weight is 420 g/mol. The third-order valence-electron chi connectivity index (χ3n) is 5.28. The van der Waals surface area contributed by atoms with E-state index in [0.717, 1.165) is 19.3 Å². The van der Waals surface area contributed by atoms with Crippen LogP contribution in [0.4, 0.5) is 15.8 Å². The Hall–Kier alpha value is -2.68. The van der Waals surface area contributed by atoms with Gasteiger partial charge in [-0.25, -0.2) is 4.39 Å². The SMILES string of the molecule is C[C@@H]1CN(c2ccc(NC(=O)C(=O)NCC(=O)N3CCCCC3)cc2F)C[C@@H](C)O1. The summed E-state index contributed by atoms with van der Waals surface area (Å²) in [7, 11) is 0. The second kappa shape index (κ2) is 9.88. The summed E-state index contributed by atoms with van der Waals surface area (Å²) in [5, 5.41) is 4.70. The van der Waals surface area contributed by atoms with E-state index in [1.165, 1.54) is 6.07 Å². The van der Waals surface area contributed by atoms with Crippen LogP contribution in [0.1, 0.15) is 33.1 Å². The van der Waals surface area contributed by atoms with Crippen molar-refractivity contribution in [2.24, 2.45) is 0 Å². The summed E-state index contributed by atoms with van der Waals surface area (Å²) >= 11 is 0. The first-order valence-electron chi connectivity index (χ1n) is 10.4. The Balaban J connectivity index is 1.52. The van der Waals surface area contributed by atoms with Crippen LogP contribution in [0.3, 0.4) is 0 Å². The molecule has 0 aromatic heterocycles. The zero-order chi connectivity index (χ0) is 21.7. The molecule has 0 saturated carbocycles. The van der Waals surface area contributed by atoms with Crippen molar-refractivity contribution in [1.29, 1.82) is 0 Å². The highest BCUT2D eigenvalue weighted by Gasteiger charge is 2.25. The van der Waals surface area contributed by atoms with Gasteiger partial charge in [-0.1, -0.05) is 0 Å². The lowest BCUT2D eigenvalue weighted by atomic mass is 10.1. The van der Waals surface area contributed by atoms with Crippen molar-refractivity contribution in [1.82, 2.24) is 10.2 Å². The number of halogens is 1. The van der Waals surface area contributed by atoms with Crippen molar-refractivity contribution in [2.75, 3.05) is 42.9 Å². The average Bonchev–Trinajstić information content (AvgIpc) is 2.71. The molecule has 1 aromatic carbocycles. The van der Waals surface area contributed by atoms with Crippen molar-refractivity contribution in [3.63, 3.8) is 0 Å². The molecule has 8 nitrogen and oxygen atoms in total. The Morgan fingerprint density at radius 2 is 1.73 bits per heavy atom. The first kappa shape index (κ1) is 22.0. The van der Waals surface area contributed by atoms with Crippen molar-refractivity contribution >= 4 is 29.1 Å². The number of piperidine rings is 1. The summed E-state index contributed by atoms with van der Waals surface area (Å²) < 4.78 is 20.3. The van der Waals surface area contributed by atoms with Crippen LogP contribution in [-0.4, -0.2) is 67.6 Å². The van der Waals surface area contributed by atoms with Gasteiger partial charge >= 0.3 is 11.8 Å². The third kappa shape index (κ3) is 5.69. The Morgan fingerprint density at radius 3 is 2.37 bits per heavy atom. The quantitative estimate of drug-likeness (QED) is 0.721. The lowest BCUT2D eigenvalue weighted by Gasteiger charge is -2.37. The molecule has 0 radical (unpaired) electrons. The smallest absolute Gasteiger partial charge is 0.313 e. The molecule has 0 unspecified atom stereocenters. The normalized spacial score (nSPS) is 21.8. The van der Waals surface area contributed by atoms with E-state index in [-0.39, 0.29) is 30.3 Å². The molecule has 2 N–H and O–H groups in total. The van der Waals surface area contributed by atoms with Gasteiger partial charge in [0, 0.05) is 31.9 Å². The number of nitrogens with zero attached hydrogens (tertiary/aromatic N) is 2.